The molecule has 3 saturated carbocycles. The van der Waals surface area contributed by atoms with Gasteiger partial charge in [-0.05, 0) is 124 Å². The quantitative estimate of drug-likeness (QED) is 0.493. The predicted molar refractivity (Wildman–Crippen MR) is 125 cm³/mol. The van der Waals surface area contributed by atoms with Crippen molar-refractivity contribution in [3.05, 3.63) is 23.8 Å². The van der Waals surface area contributed by atoms with Gasteiger partial charge in [-0.15, -0.1) is 0 Å². The molecule has 2 N–H and O–H groups in total. The largest absolute Gasteiger partial charge is 0.393 e. The van der Waals surface area contributed by atoms with E-state index in [1.54, 1.807) is 5.57 Å². The summed E-state index contributed by atoms with van der Waals surface area (Å²) in [5, 5.41) is 20.9. The van der Waals surface area contributed by atoms with Crippen LogP contribution in [0.2, 0.25) is 0 Å². The van der Waals surface area contributed by atoms with Crippen LogP contribution in [-0.4, -0.2) is 21.9 Å². The molecule has 0 aromatic rings. The Bertz CT molecular complexity index is 705. The summed E-state index contributed by atoms with van der Waals surface area (Å²) in [5.41, 5.74) is 2.55. The zero-order valence-corrected chi connectivity index (χ0v) is 20.2. The van der Waals surface area contributed by atoms with E-state index in [1.807, 2.05) is 13.8 Å². The number of aliphatic hydroxyl groups excluding tert-OH is 1. The lowest BCUT2D eigenvalue weighted by molar-refractivity contribution is -0.0582. The highest BCUT2D eigenvalue weighted by atomic mass is 16.3. The number of allylic oxidation sites excluding steroid dienone is 1. The van der Waals surface area contributed by atoms with Crippen molar-refractivity contribution in [2.45, 2.75) is 111 Å². The van der Waals surface area contributed by atoms with Crippen LogP contribution < -0.4 is 0 Å². The summed E-state index contributed by atoms with van der Waals surface area (Å²) in [4.78, 5) is 0. The molecule has 4 aliphatic carbocycles. The summed E-state index contributed by atoms with van der Waals surface area (Å²) in [6, 6.07) is 0. The van der Waals surface area contributed by atoms with Gasteiger partial charge in [-0.1, -0.05) is 39.0 Å². The van der Waals surface area contributed by atoms with Crippen LogP contribution in [0.3, 0.4) is 0 Å². The van der Waals surface area contributed by atoms with Crippen molar-refractivity contribution in [1.82, 2.24) is 0 Å². The van der Waals surface area contributed by atoms with Crippen LogP contribution in [0.4, 0.5) is 0 Å². The second-order valence-corrected chi connectivity index (χ2v) is 12.5. The molecule has 0 aromatic heterocycles. The Hall–Kier alpha value is -0.600. The number of rotatable bonds is 5. The monoisotopic (exact) mass is 414 g/mol. The van der Waals surface area contributed by atoms with Crippen LogP contribution in [-0.2, 0) is 0 Å². The van der Waals surface area contributed by atoms with Crippen LogP contribution in [0.5, 0.6) is 0 Å². The summed E-state index contributed by atoms with van der Waals surface area (Å²) in [5.74, 6) is 3.96. The van der Waals surface area contributed by atoms with Crippen molar-refractivity contribution in [1.29, 1.82) is 0 Å². The fourth-order valence-electron chi connectivity index (χ4n) is 8.54. The molecule has 9 unspecified atom stereocenters. The van der Waals surface area contributed by atoms with Crippen molar-refractivity contribution in [2.75, 3.05) is 0 Å². The lowest BCUT2D eigenvalue weighted by Crippen LogP contribution is -2.50. The second kappa shape index (κ2) is 7.77. The third-order valence-electron chi connectivity index (χ3n) is 10.8. The highest BCUT2D eigenvalue weighted by Gasteiger charge is 2.59. The first-order valence-corrected chi connectivity index (χ1v) is 12.7. The lowest BCUT2D eigenvalue weighted by Gasteiger charge is -2.58. The number of aliphatic hydroxyl groups is 2. The van der Waals surface area contributed by atoms with E-state index in [0.717, 1.165) is 54.9 Å². The predicted octanol–water partition coefficient (Wildman–Crippen LogP) is 6.67. The van der Waals surface area contributed by atoms with Crippen molar-refractivity contribution >= 4 is 0 Å². The van der Waals surface area contributed by atoms with E-state index >= 15 is 0 Å². The zero-order chi connectivity index (χ0) is 21.9. The Kier molecular flexibility index (Phi) is 5.85. The molecule has 0 radical (unpaired) electrons. The van der Waals surface area contributed by atoms with Gasteiger partial charge < -0.3 is 10.2 Å². The summed E-state index contributed by atoms with van der Waals surface area (Å²) >= 11 is 0. The minimum absolute atomic E-state index is 0.108. The Balaban J connectivity index is 1.49. The third-order valence-corrected chi connectivity index (χ3v) is 10.8. The third kappa shape index (κ3) is 3.54. The minimum atomic E-state index is -0.727. The van der Waals surface area contributed by atoms with Gasteiger partial charge in [0.1, 0.15) is 0 Å². The summed E-state index contributed by atoms with van der Waals surface area (Å²) in [6.45, 7) is 15.5. The van der Waals surface area contributed by atoms with E-state index in [1.165, 1.54) is 38.5 Å². The molecule has 0 saturated heterocycles. The van der Waals surface area contributed by atoms with Crippen molar-refractivity contribution in [3.63, 3.8) is 0 Å². The van der Waals surface area contributed by atoms with Crippen LogP contribution in [0.25, 0.3) is 0 Å². The van der Waals surface area contributed by atoms with Gasteiger partial charge in [0, 0.05) is 0 Å². The maximum atomic E-state index is 10.7. The number of hydrogen-bond acceptors (Lipinski definition) is 2. The molecule has 9 atom stereocenters. The number of hydrogen-bond donors (Lipinski definition) is 2. The topological polar surface area (TPSA) is 40.5 Å². The average molecular weight is 415 g/mol. The Morgan fingerprint density at radius 2 is 1.93 bits per heavy atom. The van der Waals surface area contributed by atoms with Gasteiger partial charge in [0.15, 0.2) is 0 Å². The molecule has 0 aliphatic heterocycles. The fourth-order valence-corrected chi connectivity index (χ4v) is 8.54. The van der Waals surface area contributed by atoms with Crippen LogP contribution in [0, 0.1) is 40.4 Å². The average Bonchev–Trinajstić information content (AvgIpc) is 3.04. The summed E-state index contributed by atoms with van der Waals surface area (Å²) in [7, 11) is 0. The van der Waals surface area contributed by atoms with Crippen LogP contribution in [0.15, 0.2) is 23.8 Å². The maximum Gasteiger partial charge on any atom is 0.0823 e. The minimum Gasteiger partial charge on any atom is -0.393 e. The molecule has 3 fully saturated rings. The maximum absolute atomic E-state index is 10.7. The van der Waals surface area contributed by atoms with Gasteiger partial charge in [0.2, 0.25) is 0 Å². The Morgan fingerprint density at radius 3 is 2.63 bits per heavy atom. The van der Waals surface area contributed by atoms with E-state index in [4.69, 9.17) is 0 Å². The highest BCUT2D eigenvalue weighted by molar-refractivity contribution is 5.25. The molecular formula is C28H46O2. The Labute approximate surface area is 185 Å². The van der Waals surface area contributed by atoms with E-state index < -0.39 is 5.60 Å². The van der Waals surface area contributed by atoms with Gasteiger partial charge in [-0.25, -0.2) is 0 Å². The summed E-state index contributed by atoms with van der Waals surface area (Å²) < 4.78 is 0. The first-order chi connectivity index (χ1) is 14.0. The molecule has 4 rings (SSSR count). The molecule has 2 nitrogen and oxygen atoms in total. The fraction of sp³-hybridized carbons (Fsp3) is 0.857. The number of fused-ring (bicyclic) bond motifs is 5. The molecule has 0 amide bonds. The molecule has 0 bridgehead atoms. The van der Waals surface area contributed by atoms with Gasteiger partial charge in [-0.2, -0.15) is 0 Å². The molecule has 0 spiro atoms. The van der Waals surface area contributed by atoms with Gasteiger partial charge in [-0.3, -0.25) is 0 Å². The van der Waals surface area contributed by atoms with E-state index in [-0.39, 0.29) is 6.10 Å². The normalized spacial score (nSPS) is 46.1. The van der Waals surface area contributed by atoms with Gasteiger partial charge >= 0.3 is 0 Å². The molecular weight excluding hydrogens is 368 g/mol. The lowest BCUT2D eigenvalue weighted by atomic mass is 9.47. The molecule has 2 heteroatoms. The van der Waals surface area contributed by atoms with Crippen molar-refractivity contribution < 1.29 is 10.2 Å². The zero-order valence-electron chi connectivity index (χ0n) is 20.2. The Morgan fingerprint density at radius 1 is 1.20 bits per heavy atom. The molecule has 30 heavy (non-hydrogen) atoms. The first-order valence-electron chi connectivity index (χ1n) is 12.7. The molecule has 4 aliphatic rings. The van der Waals surface area contributed by atoms with E-state index in [0.29, 0.717) is 16.7 Å². The molecule has 0 heterocycles. The van der Waals surface area contributed by atoms with Crippen molar-refractivity contribution in [3.8, 4) is 0 Å². The molecule has 170 valence electrons. The van der Waals surface area contributed by atoms with Gasteiger partial charge in [0.05, 0.1) is 11.7 Å². The highest BCUT2D eigenvalue weighted by Crippen LogP contribution is 2.67. The standard InChI is InChI=1S/C28H46O2/c1-18(2)28(6,30)16-11-19(3)23-9-10-24-22-8-7-20-17-21(29)12-14-26(20,4)25(22)13-15-27(23,24)5/h7,19,21-25,29-30H,1,8-17H2,2-6H3. The smallest absolute Gasteiger partial charge is 0.0823 e. The van der Waals surface area contributed by atoms with Gasteiger partial charge in [0.25, 0.3) is 0 Å². The summed E-state index contributed by atoms with van der Waals surface area (Å²) in [6.07, 6.45) is 14.2. The second-order valence-electron chi connectivity index (χ2n) is 12.5. The van der Waals surface area contributed by atoms with E-state index in [9.17, 15) is 10.2 Å². The van der Waals surface area contributed by atoms with Crippen molar-refractivity contribution in [2.24, 2.45) is 40.4 Å². The SMILES string of the molecule is C=C(C)C(C)(O)CCC(C)C1CCC2C3CC=C4CC(O)CCC4(C)C3CCC12C. The first kappa shape index (κ1) is 22.6. The van der Waals surface area contributed by atoms with Crippen LogP contribution >= 0.6 is 0 Å². The van der Waals surface area contributed by atoms with Crippen LogP contribution in [0.1, 0.15) is 98.8 Å². The van der Waals surface area contributed by atoms with E-state index in [2.05, 4.69) is 33.4 Å². The molecule has 0 aromatic carbocycles.